The van der Waals surface area contributed by atoms with Crippen LogP contribution in [0.1, 0.15) is 57.4 Å². The van der Waals surface area contributed by atoms with Crippen LogP contribution in [0.15, 0.2) is 35.5 Å². The van der Waals surface area contributed by atoms with E-state index in [1.807, 2.05) is 38.1 Å². The van der Waals surface area contributed by atoms with E-state index in [2.05, 4.69) is 19.0 Å². The second-order valence-corrected chi connectivity index (χ2v) is 6.11. The molecule has 0 N–H and O–H groups in total. The Bertz CT molecular complexity index is 666. The summed E-state index contributed by atoms with van der Waals surface area (Å²) in [5.74, 6) is -0.733. The Kier molecular flexibility index (Phi) is 7.79. The van der Waals surface area contributed by atoms with Gasteiger partial charge in [-0.2, -0.15) is 0 Å². The number of fused-ring (bicyclic) bond motifs is 1. The topological polar surface area (TPSA) is 60.7 Å². The molecule has 5 nitrogen and oxygen atoms in total. The summed E-state index contributed by atoms with van der Waals surface area (Å²) in [6, 6.07) is 9.20. The zero-order valence-corrected chi connectivity index (χ0v) is 15.3. The second kappa shape index (κ2) is 9.33. The smallest absolute Gasteiger partial charge is 0.333 e. The van der Waals surface area contributed by atoms with E-state index in [1.54, 1.807) is 17.7 Å². The molecule has 2 aromatic rings. The summed E-state index contributed by atoms with van der Waals surface area (Å²) in [7, 11) is 1.74. The molecule has 0 atom stereocenters. The zero-order chi connectivity index (χ0) is 18.2. The highest BCUT2D eigenvalue weighted by Gasteiger charge is 2.20. The van der Waals surface area contributed by atoms with Gasteiger partial charge in [0.15, 0.2) is 0 Å². The van der Waals surface area contributed by atoms with E-state index in [-0.39, 0.29) is 5.60 Å². The van der Waals surface area contributed by atoms with Gasteiger partial charge in [-0.3, -0.25) is 4.79 Å². The molecule has 0 bridgehead atoms. The van der Waals surface area contributed by atoms with Gasteiger partial charge in [0.05, 0.1) is 5.60 Å². The van der Waals surface area contributed by atoms with Crippen LogP contribution in [0.4, 0.5) is 0 Å². The molecular weight excluding hydrogens is 304 g/mol. The van der Waals surface area contributed by atoms with E-state index in [9.17, 15) is 9.70 Å². The summed E-state index contributed by atoms with van der Waals surface area (Å²) in [6.07, 6.45) is 3.82. The van der Waals surface area contributed by atoms with Crippen molar-refractivity contribution >= 4 is 16.8 Å². The molecule has 3 rings (SSSR count). The SMILES string of the molecule is CC.CC1(C)CCCCO1.Cn1c(C(=O)N=O)cc2ccccc21. The molecule has 0 unspecified atom stereocenters. The quantitative estimate of drug-likeness (QED) is 0.684. The lowest BCUT2D eigenvalue weighted by atomic mass is 9.99. The van der Waals surface area contributed by atoms with Gasteiger partial charge in [-0.1, -0.05) is 32.0 Å². The number of nitrogens with zero attached hydrogens (tertiary/aromatic N) is 2. The molecule has 2 heterocycles. The first kappa shape index (κ1) is 20.0. The van der Waals surface area contributed by atoms with Gasteiger partial charge in [-0.05, 0) is 45.2 Å². The van der Waals surface area contributed by atoms with Crippen molar-refractivity contribution in [3.8, 4) is 0 Å². The van der Waals surface area contributed by atoms with Gasteiger partial charge in [0.2, 0.25) is 0 Å². The first-order valence-corrected chi connectivity index (χ1v) is 8.51. The number of aromatic nitrogens is 1. The number of aryl methyl sites for hydroxylation is 1. The van der Waals surface area contributed by atoms with Crippen LogP contribution in [0.5, 0.6) is 0 Å². The molecule has 1 aromatic carbocycles. The van der Waals surface area contributed by atoms with Crippen LogP contribution in [-0.4, -0.2) is 22.7 Å². The van der Waals surface area contributed by atoms with E-state index >= 15 is 0 Å². The highest BCUT2D eigenvalue weighted by Crippen LogP contribution is 2.22. The van der Waals surface area contributed by atoms with E-state index in [0.717, 1.165) is 17.5 Å². The molecule has 5 heteroatoms. The lowest BCUT2D eigenvalue weighted by molar-refractivity contribution is -0.0511. The molecule has 132 valence electrons. The van der Waals surface area contributed by atoms with Crippen molar-refractivity contribution in [2.45, 2.75) is 52.6 Å². The molecule has 0 saturated carbocycles. The van der Waals surface area contributed by atoms with Crippen molar-refractivity contribution in [2.24, 2.45) is 12.2 Å². The third kappa shape index (κ3) is 5.27. The summed E-state index contributed by atoms with van der Waals surface area (Å²) in [4.78, 5) is 21.2. The van der Waals surface area contributed by atoms with Crippen LogP contribution < -0.4 is 0 Å². The number of carbonyl (C=O) groups is 1. The van der Waals surface area contributed by atoms with Crippen LogP contribution in [-0.2, 0) is 11.8 Å². The summed E-state index contributed by atoms with van der Waals surface area (Å²) in [5.41, 5.74) is 1.42. The lowest BCUT2D eigenvalue weighted by Gasteiger charge is -2.29. The maximum atomic E-state index is 11.1. The minimum absolute atomic E-state index is 0.179. The lowest BCUT2D eigenvalue weighted by Crippen LogP contribution is -2.28. The molecule has 1 aliphatic rings. The molecule has 1 fully saturated rings. The van der Waals surface area contributed by atoms with Gasteiger partial charge in [-0.15, -0.1) is 4.91 Å². The number of benzene rings is 1. The van der Waals surface area contributed by atoms with Crippen LogP contribution in [0.2, 0.25) is 0 Å². The third-order valence-corrected chi connectivity index (χ3v) is 3.92. The predicted octanol–water partition coefficient (Wildman–Crippen LogP) is 5.08. The Morgan fingerprint density at radius 3 is 2.33 bits per heavy atom. The van der Waals surface area contributed by atoms with Crippen molar-refractivity contribution in [1.29, 1.82) is 0 Å². The maximum Gasteiger partial charge on any atom is 0.333 e. The molecule has 1 saturated heterocycles. The van der Waals surface area contributed by atoms with Crippen LogP contribution in [0.3, 0.4) is 0 Å². The monoisotopic (exact) mass is 332 g/mol. The number of carbonyl (C=O) groups excluding carboxylic acids is 1. The first-order valence-electron chi connectivity index (χ1n) is 8.51. The third-order valence-electron chi connectivity index (χ3n) is 3.92. The molecule has 0 radical (unpaired) electrons. The van der Waals surface area contributed by atoms with Crippen molar-refractivity contribution in [3.05, 3.63) is 40.9 Å². The zero-order valence-electron chi connectivity index (χ0n) is 15.3. The highest BCUT2D eigenvalue weighted by molar-refractivity contribution is 5.99. The van der Waals surface area contributed by atoms with E-state index in [1.165, 1.54) is 19.3 Å². The van der Waals surface area contributed by atoms with Crippen LogP contribution >= 0.6 is 0 Å². The molecule has 1 aromatic heterocycles. The highest BCUT2D eigenvalue weighted by atomic mass is 16.5. The first-order chi connectivity index (χ1) is 11.4. The van der Waals surface area contributed by atoms with Crippen LogP contribution in [0, 0.1) is 4.91 Å². The average Bonchev–Trinajstić information content (AvgIpc) is 2.94. The minimum Gasteiger partial charge on any atom is -0.376 e. The summed E-state index contributed by atoms with van der Waals surface area (Å²) < 4.78 is 7.13. The van der Waals surface area contributed by atoms with E-state index < -0.39 is 5.91 Å². The summed E-state index contributed by atoms with van der Waals surface area (Å²) >= 11 is 0. The van der Waals surface area contributed by atoms with Gasteiger partial charge in [0.1, 0.15) is 5.69 Å². The predicted molar refractivity (Wildman–Crippen MR) is 98.3 cm³/mol. The molecular formula is C19H28N2O3. The fourth-order valence-electron chi connectivity index (χ4n) is 2.61. The summed E-state index contributed by atoms with van der Waals surface area (Å²) in [5, 5.41) is 3.34. The fourth-order valence-corrected chi connectivity index (χ4v) is 2.61. The Balaban J connectivity index is 0.000000245. The Morgan fingerprint density at radius 2 is 1.88 bits per heavy atom. The largest absolute Gasteiger partial charge is 0.376 e. The Labute approximate surface area is 144 Å². The number of hydrogen-bond donors (Lipinski definition) is 0. The van der Waals surface area contributed by atoms with E-state index in [4.69, 9.17) is 4.74 Å². The maximum absolute atomic E-state index is 11.1. The molecule has 1 aliphatic heterocycles. The number of hydrogen-bond acceptors (Lipinski definition) is 3. The molecule has 0 aliphatic carbocycles. The molecule has 24 heavy (non-hydrogen) atoms. The van der Waals surface area contributed by atoms with Gasteiger partial charge >= 0.3 is 5.91 Å². The number of ether oxygens (including phenoxy) is 1. The minimum atomic E-state index is -0.733. The normalized spacial score (nSPS) is 15.5. The van der Waals surface area contributed by atoms with Gasteiger partial charge in [0, 0.05) is 29.7 Å². The van der Waals surface area contributed by atoms with Gasteiger partial charge < -0.3 is 9.30 Å². The molecule has 1 amide bonds. The second-order valence-electron chi connectivity index (χ2n) is 6.11. The molecule has 0 spiro atoms. The Hall–Kier alpha value is -2.01. The fraction of sp³-hybridized carbons (Fsp3) is 0.526. The van der Waals surface area contributed by atoms with Gasteiger partial charge in [0.25, 0.3) is 0 Å². The number of para-hydroxylation sites is 1. The van der Waals surface area contributed by atoms with Crippen molar-refractivity contribution in [1.82, 2.24) is 4.57 Å². The summed E-state index contributed by atoms with van der Waals surface area (Å²) in [6.45, 7) is 9.28. The Morgan fingerprint density at radius 1 is 1.21 bits per heavy atom. The number of rotatable bonds is 1. The standard InChI is InChI=1S/C10H8N2O2.C7H14O.C2H6/c1-12-8-5-3-2-4-7(8)6-9(12)10(13)11-14;1-7(2)5-3-4-6-8-7;1-2/h2-6H,1H3;3-6H2,1-2H3;1-2H3. The van der Waals surface area contributed by atoms with Gasteiger partial charge in [-0.25, -0.2) is 0 Å². The van der Waals surface area contributed by atoms with E-state index in [0.29, 0.717) is 5.69 Å². The van der Waals surface area contributed by atoms with Crippen molar-refractivity contribution < 1.29 is 9.53 Å². The number of nitroso groups, excluding NO2 is 1. The average molecular weight is 332 g/mol. The van der Waals surface area contributed by atoms with Crippen molar-refractivity contribution in [3.63, 3.8) is 0 Å². The van der Waals surface area contributed by atoms with Crippen LogP contribution in [0.25, 0.3) is 10.9 Å². The van der Waals surface area contributed by atoms with Crippen molar-refractivity contribution in [2.75, 3.05) is 6.61 Å². The number of amides is 1.